The van der Waals surface area contributed by atoms with Crippen molar-refractivity contribution in [2.24, 2.45) is 4.99 Å². The molecule has 1 aromatic carbocycles. The molecule has 0 saturated heterocycles. The molecule has 1 aromatic rings. The Balaban J connectivity index is 2.51. The highest BCUT2D eigenvalue weighted by Gasteiger charge is 2.08. The molecule has 0 bridgehead atoms. The van der Waals surface area contributed by atoms with Crippen LogP contribution in [0.3, 0.4) is 0 Å². The van der Waals surface area contributed by atoms with Crippen molar-refractivity contribution < 1.29 is 4.74 Å². The van der Waals surface area contributed by atoms with Gasteiger partial charge >= 0.3 is 0 Å². The Morgan fingerprint density at radius 3 is 3.00 bits per heavy atom. The summed E-state index contributed by atoms with van der Waals surface area (Å²) in [6, 6.07) is 6.23. The van der Waals surface area contributed by atoms with Gasteiger partial charge in [0.2, 0.25) is 0 Å². The molecule has 0 spiro atoms. The van der Waals surface area contributed by atoms with Crippen molar-refractivity contribution in [3.8, 4) is 0 Å². The highest BCUT2D eigenvalue weighted by Crippen LogP contribution is 2.25. The van der Waals surface area contributed by atoms with Crippen LogP contribution in [0, 0.1) is 6.92 Å². The van der Waals surface area contributed by atoms with E-state index in [0.29, 0.717) is 6.61 Å². The predicted octanol–water partition coefficient (Wildman–Crippen LogP) is 2.58. The summed E-state index contributed by atoms with van der Waals surface area (Å²) in [5, 5.41) is 0. The zero-order chi connectivity index (χ0) is 8.55. The number of fused-ring (bicyclic) bond motifs is 1. The lowest BCUT2D eigenvalue weighted by Crippen LogP contribution is -2.05. The van der Waals surface area contributed by atoms with E-state index in [2.05, 4.69) is 24.0 Å². The number of nitrogens with zero attached hydrogens (tertiary/aromatic N) is 1. The van der Waals surface area contributed by atoms with Crippen LogP contribution in [-0.4, -0.2) is 5.90 Å². The molecule has 0 N–H and O–H groups in total. The third kappa shape index (κ3) is 1.20. The van der Waals surface area contributed by atoms with E-state index in [1.807, 2.05) is 13.0 Å². The summed E-state index contributed by atoms with van der Waals surface area (Å²) < 4.78 is 5.31. The van der Waals surface area contributed by atoms with Gasteiger partial charge in [0.15, 0.2) is 5.90 Å². The first-order valence-electron chi connectivity index (χ1n) is 4.03. The Labute approximate surface area is 71.9 Å². The lowest BCUT2D eigenvalue weighted by atomic mass is 10.1. The fourth-order valence-corrected chi connectivity index (χ4v) is 1.32. The van der Waals surface area contributed by atoms with Crippen LogP contribution in [0.4, 0.5) is 5.69 Å². The van der Waals surface area contributed by atoms with Crippen LogP contribution in [-0.2, 0) is 11.3 Å². The molecule has 0 aliphatic carbocycles. The molecule has 0 fully saturated rings. The molecule has 0 radical (unpaired) electrons. The van der Waals surface area contributed by atoms with E-state index < -0.39 is 0 Å². The molecule has 1 aliphatic heterocycles. The summed E-state index contributed by atoms with van der Waals surface area (Å²) in [4.78, 5) is 4.28. The minimum atomic E-state index is 0.659. The standard InChI is InChI=1S/C10H11NO/c1-7-3-4-10-9(5-7)6-12-8(2)11-10/h3-5H,6H2,1-2H3. The summed E-state index contributed by atoms with van der Waals surface area (Å²) in [5.74, 6) is 0.756. The van der Waals surface area contributed by atoms with Gasteiger partial charge in [-0.2, -0.15) is 0 Å². The third-order valence-electron chi connectivity index (χ3n) is 1.95. The van der Waals surface area contributed by atoms with Crippen LogP contribution in [0.2, 0.25) is 0 Å². The van der Waals surface area contributed by atoms with Crippen LogP contribution in [0.25, 0.3) is 0 Å². The second kappa shape index (κ2) is 2.63. The van der Waals surface area contributed by atoms with Gasteiger partial charge in [-0.05, 0) is 13.0 Å². The second-order valence-corrected chi connectivity index (χ2v) is 3.05. The topological polar surface area (TPSA) is 21.6 Å². The molecule has 0 atom stereocenters. The van der Waals surface area contributed by atoms with Gasteiger partial charge in [-0.15, -0.1) is 0 Å². The molecular formula is C10H11NO. The van der Waals surface area contributed by atoms with Gasteiger partial charge in [-0.1, -0.05) is 17.7 Å². The highest BCUT2D eigenvalue weighted by molar-refractivity contribution is 5.79. The number of aliphatic imine (C=N–C) groups is 1. The van der Waals surface area contributed by atoms with Crippen LogP contribution >= 0.6 is 0 Å². The first kappa shape index (κ1) is 7.35. The summed E-state index contributed by atoms with van der Waals surface area (Å²) in [7, 11) is 0. The largest absolute Gasteiger partial charge is 0.476 e. The SMILES string of the molecule is CC1=Nc2ccc(C)cc2CO1. The highest BCUT2D eigenvalue weighted by atomic mass is 16.5. The summed E-state index contributed by atoms with van der Waals surface area (Å²) in [6.07, 6.45) is 0. The monoisotopic (exact) mass is 161 g/mol. The van der Waals surface area contributed by atoms with Crippen molar-refractivity contribution in [1.82, 2.24) is 0 Å². The first-order chi connectivity index (χ1) is 5.75. The number of benzene rings is 1. The molecular weight excluding hydrogens is 150 g/mol. The van der Waals surface area contributed by atoms with Crippen molar-refractivity contribution >= 4 is 11.6 Å². The van der Waals surface area contributed by atoms with Gasteiger partial charge in [0.1, 0.15) is 6.61 Å². The van der Waals surface area contributed by atoms with Crippen LogP contribution in [0.1, 0.15) is 18.1 Å². The molecule has 0 amide bonds. The zero-order valence-corrected chi connectivity index (χ0v) is 7.29. The fourth-order valence-electron chi connectivity index (χ4n) is 1.32. The van der Waals surface area contributed by atoms with E-state index >= 15 is 0 Å². The Bertz CT molecular complexity index is 342. The molecule has 2 heteroatoms. The Hall–Kier alpha value is -1.31. The summed E-state index contributed by atoms with van der Waals surface area (Å²) in [6.45, 7) is 4.61. The quantitative estimate of drug-likeness (QED) is 0.573. The zero-order valence-electron chi connectivity index (χ0n) is 7.29. The smallest absolute Gasteiger partial charge is 0.185 e. The third-order valence-corrected chi connectivity index (χ3v) is 1.95. The predicted molar refractivity (Wildman–Crippen MR) is 48.7 cm³/mol. The Morgan fingerprint density at radius 1 is 1.33 bits per heavy atom. The maximum Gasteiger partial charge on any atom is 0.185 e. The fraction of sp³-hybridized carbons (Fsp3) is 0.300. The van der Waals surface area contributed by atoms with E-state index in [0.717, 1.165) is 11.6 Å². The first-order valence-corrected chi connectivity index (χ1v) is 4.03. The molecule has 1 heterocycles. The van der Waals surface area contributed by atoms with Crippen molar-refractivity contribution in [2.45, 2.75) is 20.5 Å². The van der Waals surface area contributed by atoms with Crippen LogP contribution < -0.4 is 0 Å². The van der Waals surface area contributed by atoms with Crippen molar-refractivity contribution in [2.75, 3.05) is 0 Å². The van der Waals surface area contributed by atoms with Gasteiger partial charge in [-0.25, -0.2) is 4.99 Å². The summed E-state index contributed by atoms with van der Waals surface area (Å²) in [5.41, 5.74) is 3.48. The molecule has 1 aliphatic rings. The molecule has 0 unspecified atom stereocenters. The number of rotatable bonds is 0. The summed E-state index contributed by atoms with van der Waals surface area (Å²) >= 11 is 0. The van der Waals surface area contributed by atoms with E-state index in [1.165, 1.54) is 11.1 Å². The molecule has 2 rings (SSSR count). The number of aryl methyl sites for hydroxylation is 1. The number of hydrogen-bond acceptors (Lipinski definition) is 2. The van der Waals surface area contributed by atoms with Gasteiger partial charge < -0.3 is 4.74 Å². The van der Waals surface area contributed by atoms with E-state index in [4.69, 9.17) is 4.74 Å². The average Bonchev–Trinajstić information content (AvgIpc) is 2.05. The van der Waals surface area contributed by atoms with Crippen molar-refractivity contribution in [3.05, 3.63) is 29.3 Å². The van der Waals surface area contributed by atoms with E-state index in [-0.39, 0.29) is 0 Å². The normalized spacial score (nSPS) is 14.7. The molecule has 0 saturated carbocycles. The Kier molecular flexibility index (Phi) is 1.61. The number of hydrogen-bond donors (Lipinski definition) is 0. The Morgan fingerprint density at radius 2 is 2.17 bits per heavy atom. The molecule has 0 aromatic heterocycles. The molecule has 62 valence electrons. The molecule has 2 nitrogen and oxygen atoms in total. The van der Waals surface area contributed by atoms with Crippen molar-refractivity contribution in [3.63, 3.8) is 0 Å². The van der Waals surface area contributed by atoms with E-state index in [1.54, 1.807) is 0 Å². The van der Waals surface area contributed by atoms with Gasteiger partial charge in [0.25, 0.3) is 0 Å². The maximum absolute atomic E-state index is 5.31. The average molecular weight is 161 g/mol. The van der Waals surface area contributed by atoms with Gasteiger partial charge in [0, 0.05) is 12.5 Å². The minimum absolute atomic E-state index is 0.659. The minimum Gasteiger partial charge on any atom is -0.476 e. The van der Waals surface area contributed by atoms with Crippen LogP contribution in [0.5, 0.6) is 0 Å². The lowest BCUT2D eigenvalue weighted by Gasteiger charge is -2.14. The van der Waals surface area contributed by atoms with Crippen molar-refractivity contribution in [1.29, 1.82) is 0 Å². The van der Waals surface area contributed by atoms with Gasteiger partial charge in [0.05, 0.1) is 5.69 Å². The maximum atomic E-state index is 5.31. The lowest BCUT2D eigenvalue weighted by molar-refractivity contribution is 0.284. The number of ether oxygens (including phenoxy) is 1. The van der Waals surface area contributed by atoms with Gasteiger partial charge in [-0.3, -0.25) is 0 Å². The second-order valence-electron chi connectivity index (χ2n) is 3.05. The molecule has 12 heavy (non-hydrogen) atoms. The van der Waals surface area contributed by atoms with Crippen LogP contribution in [0.15, 0.2) is 23.2 Å². The van der Waals surface area contributed by atoms with E-state index in [9.17, 15) is 0 Å².